The SMILES string of the molecule is CCCCCCN(CCCCNCCCn1c(=O)[nH]c2ccccc2c1=O)CCCn1c(=O)[nH]c2ccccc2c1=O. The average Bonchev–Trinajstić information content (AvgIpc) is 2.99. The monoisotopic (exact) mass is 576 g/mol. The highest BCUT2D eigenvalue weighted by molar-refractivity contribution is 5.77. The Balaban J connectivity index is 1.19. The zero-order valence-corrected chi connectivity index (χ0v) is 24.7. The summed E-state index contributed by atoms with van der Waals surface area (Å²) in [4.78, 5) is 58.4. The molecular weight excluding hydrogens is 532 g/mol. The lowest BCUT2D eigenvalue weighted by atomic mass is 10.2. The van der Waals surface area contributed by atoms with Crippen molar-refractivity contribution in [2.75, 3.05) is 32.7 Å². The third-order valence-corrected chi connectivity index (χ3v) is 7.78. The summed E-state index contributed by atoms with van der Waals surface area (Å²) in [6.45, 7) is 7.41. The third-order valence-electron chi connectivity index (χ3n) is 7.78. The van der Waals surface area contributed by atoms with Crippen molar-refractivity contribution >= 4 is 21.8 Å². The molecule has 3 N–H and O–H groups in total. The van der Waals surface area contributed by atoms with Crippen LogP contribution in [0.25, 0.3) is 21.8 Å². The highest BCUT2D eigenvalue weighted by atomic mass is 16.2. The Morgan fingerprint density at radius 1 is 0.619 bits per heavy atom. The Bertz CT molecular complexity index is 1670. The molecule has 226 valence electrons. The van der Waals surface area contributed by atoms with Crippen molar-refractivity contribution in [1.82, 2.24) is 29.3 Å². The summed E-state index contributed by atoms with van der Waals surface area (Å²) in [5.41, 5.74) is -0.0561. The van der Waals surface area contributed by atoms with Crippen LogP contribution in [-0.2, 0) is 13.1 Å². The van der Waals surface area contributed by atoms with Crippen molar-refractivity contribution in [1.29, 1.82) is 0 Å². The van der Waals surface area contributed by atoms with Gasteiger partial charge in [0, 0.05) is 13.1 Å². The van der Waals surface area contributed by atoms with Crippen molar-refractivity contribution in [3.05, 3.63) is 90.2 Å². The van der Waals surface area contributed by atoms with Crippen molar-refractivity contribution < 1.29 is 0 Å². The summed E-state index contributed by atoms with van der Waals surface area (Å²) in [6, 6.07) is 14.2. The Morgan fingerprint density at radius 3 is 1.71 bits per heavy atom. The minimum Gasteiger partial charge on any atom is -0.317 e. The number of benzene rings is 2. The van der Waals surface area contributed by atoms with Gasteiger partial charge in [-0.1, -0.05) is 50.5 Å². The first-order valence-corrected chi connectivity index (χ1v) is 15.4. The second-order valence-corrected chi connectivity index (χ2v) is 10.9. The molecule has 0 radical (unpaired) electrons. The molecular formula is C32H44N6O4. The molecule has 0 atom stereocenters. The first-order valence-electron chi connectivity index (χ1n) is 15.4. The van der Waals surface area contributed by atoms with E-state index >= 15 is 0 Å². The Morgan fingerprint density at radius 2 is 1.12 bits per heavy atom. The minimum atomic E-state index is -0.368. The van der Waals surface area contributed by atoms with Crippen LogP contribution in [0, 0.1) is 0 Å². The fourth-order valence-corrected chi connectivity index (χ4v) is 5.43. The van der Waals surface area contributed by atoms with Gasteiger partial charge in [-0.3, -0.25) is 18.7 Å². The molecule has 0 fully saturated rings. The Hall–Kier alpha value is -3.76. The molecule has 0 unspecified atom stereocenters. The lowest BCUT2D eigenvalue weighted by Gasteiger charge is -2.22. The van der Waals surface area contributed by atoms with E-state index in [1.54, 1.807) is 36.4 Å². The van der Waals surface area contributed by atoms with Gasteiger partial charge in [0.25, 0.3) is 11.1 Å². The van der Waals surface area contributed by atoms with E-state index in [1.165, 1.54) is 28.4 Å². The molecule has 0 amide bonds. The molecule has 0 aliphatic carbocycles. The van der Waals surface area contributed by atoms with Gasteiger partial charge in [-0.2, -0.15) is 0 Å². The van der Waals surface area contributed by atoms with E-state index in [4.69, 9.17) is 0 Å². The molecule has 2 heterocycles. The highest BCUT2D eigenvalue weighted by Gasteiger charge is 2.10. The topological polar surface area (TPSA) is 125 Å². The predicted octanol–water partition coefficient (Wildman–Crippen LogP) is 3.43. The van der Waals surface area contributed by atoms with Gasteiger partial charge in [-0.25, -0.2) is 9.59 Å². The van der Waals surface area contributed by atoms with Gasteiger partial charge in [-0.05, 0) is 89.1 Å². The molecule has 2 aromatic heterocycles. The van der Waals surface area contributed by atoms with E-state index in [0.29, 0.717) is 41.3 Å². The number of H-pyrrole nitrogens is 2. The molecule has 4 aromatic rings. The van der Waals surface area contributed by atoms with Crippen LogP contribution < -0.4 is 27.8 Å². The molecule has 0 bridgehead atoms. The molecule has 10 nitrogen and oxygen atoms in total. The van der Waals surface area contributed by atoms with Crippen LogP contribution in [0.4, 0.5) is 0 Å². The fourth-order valence-electron chi connectivity index (χ4n) is 5.43. The second kappa shape index (κ2) is 16.0. The normalized spacial score (nSPS) is 11.7. The van der Waals surface area contributed by atoms with Gasteiger partial charge >= 0.3 is 11.4 Å². The van der Waals surface area contributed by atoms with Gasteiger partial charge in [0.15, 0.2) is 0 Å². The van der Waals surface area contributed by atoms with E-state index in [9.17, 15) is 19.2 Å². The van der Waals surface area contributed by atoms with Gasteiger partial charge in [0.2, 0.25) is 0 Å². The van der Waals surface area contributed by atoms with Crippen LogP contribution in [-0.4, -0.2) is 56.7 Å². The van der Waals surface area contributed by atoms with E-state index in [2.05, 4.69) is 27.1 Å². The minimum absolute atomic E-state index is 0.231. The number of rotatable bonds is 18. The quantitative estimate of drug-likeness (QED) is 0.156. The molecule has 0 aliphatic heterocycles. The van der Waals surface area contributed by atoms with E-state index in [1.807, 2.05) is 12.1 Å². The summed E-state index contributed by atoms with van der Waals surface area (Å²) < 4.78 is 2.60. The highest BCUT2D eigenvalue weighted by Crippen LogP contribution is 2.06. The first-order chi connectivity index (χ1) is 20.5. The smallest absolute Gasteiger partial charge is 0.317 e. The fraction of sp³-hybridized carbons (Fsp3) is 0.500. The third kappa shape index (κ3) is 8.39. The number of para-hydroxylation sites is 2. The summed E-state index contributed by atoms with van der Waals surface area (Å²) in [5, 5.41) is 4.50. The van der Waals surface area contributed by atoms with Crippen molar-refractivity contribution in [3.8, 4) is 0 Å². The van der Waals surface area contributed by atoms with E-state index < -0.39 is 0 Å². The van der Waals surface area contributed by atoms with E-state index in [0.717, 1.165) is 58.4 Å². The maximum atomic E-state index is 12.8. The molecule has 0 saturated heterocycles. The van der Waals surface area contributed by atoms with E-state index in [-0.39, 0.29) is 22.5 Å². The van der Waals surface area contributed by atoms with Gasteiger partial charge in [0.1, 0.15) is 0 Å². The number of aromatic nitrogens is 4. The van der Waals surface area contributed by atoms with Gasteiger partial charge in [-0.15, -0.1) is 0 Å². The van der Waals surface area contributed by atoms with Crippen LogP contribution in [0.2, 0.25) is 0 Å². The summed E-state index contributed by atoms with van der Waals surface area (Å²) >= 11 is 0. The number of unbranched alkanes of at least 4 members (excludes halogenated alkanes) is 4. The van der Waals surface area contributed by atoms with Crippen LogP contribution in [0.5, 0.6) is 0 Å². The zero-order chi connectivity index (χ0) is 29.7. The summed E-state index contributed by atoms with van der Waals surface area (Å²) in [7, 11) is 0. The van der Waals surface area contributed by atoms with Crippen LogP contribution in [0.1, 0.15) is 58.3 Å². The molecule has 42 heavy (non-hydrogen) atoms. The lowest BCUT2D eigenvalue weighted by molar-refractivity contribution is 0.252. The lowest BCUT2D eigenvalue weighted by Crippen LogP contribution is -2.36. The molecule has 4 rings (SSSR count). The number of fused-ring (bicyclic) bond motifs is 2. The predicted molar refractivity (Wildman–Crippen MR) is 170 cm³/mol. The summed E-state index contributed by atoms with van der Waals surface area (Å²) in [5.74, 6) is 0. The average molecular weight is 577 g/mol. The van der Waals surface area contributed by atoms with Gasteiger partial charge in [0.05, 0.1) is 21.8 Å². The Labute approximate surface area is 245 Å². The van der Waals surface area contributed by atoms with Crippen LogP contribution in [0.15, 0.2) is 67.7 Å². The van der Waals surface area contributed by atoms with Crippen molar-refractivity contribution in [3.63, 3.8) is 0 Å². The number of nitrogens with one attached hydrogen (secondary N) is 3. The number of aromatic amines is 2. The standard InChI is InChI=1S/C32H44N6O4/c1-2-3-4-10-20-36(22-13-24-38-30(40)26-15-6-8-17-28(26)35-32(38)42)21-11-9-18-33-19-12-23-37-29(39)25-14-5-7-16-27(25)34-31(37)41/h5-8,14-17,33H,2-4,9-13,18-24H2,1H3,(H,34,41)(H,35,42). The molecule has 0 aliphatic rings. The van der Waals surface area contributed by atoms with Crippen molar-refractivity contribution in [2.24, 2.45) is 0 Å². The molecule has 10 heteroatoms. The maximum absolute atomic E-state index is 12.8. The summed E-state index contributed by atoms with van der Waals surface area (Å²) in [6.07, 6.45) is 8.28. The van der Waals surface area contributed by atoms with Crippen molar-refractivity contribution in [2.45, 2.75) is 71.4 Å². The maximum Gasteiger partial charge on any atom is 0.328 e. The van der Waals surface area contributed by atoms with Crippen LogP contribution in [0.3, 0.4) is 0 Å². The molecule has 0 spiro atoms. The zero-order valence-electron chi connectivity index (χ0n) is 24.7. The Kier molecular flexibility index (Phi) is 11.9. The number of hydrogen-bond donors (Lipinski definition) is 3. The largest absolute Gasteiger partial charge is 0.328 e. The van der Waals surface area contributed by atoms with Crippen LogP contribution >= 0.6 is 0 Å². The molecule has 2 aromatic carbocycles. The number of hydrogen-bond acceptors (Lipinski definition) is 6. The second-order valence-electron chi connectivity index (χ2n) is 10.9. The first kappa shape index (κ1) is 31.2. The van der Waals surface area contributed by atoms with Gasteiger partial charge < -0.3 is 20.2 Å². The number of nitrogens with zero attached hydrogens (tertiary/aromatic N) is 3. The molecule has 0 saturated carbocycles.